The van der Waals surface area contributed by atoms with E-state index in [4.69, 9.17) is 4.74 Å². The van der Waals surface area contributed by atoms with Crippen LogP contribution in [-0.2, 0) is 0 Å². The molecule has 0 amide bonds. The maximum absolute atomic E-state index is 10.3. The number of rotatable bonds is 5. The fraction of sp³-hybridized carbons (Fsp3) is 0.300. The monoisotopic (exact) mass is 290 g/mol. The van der Waals surface area contributed by atoms with Gasteiger partial charge in [0.15, 0.2) is 0 Å². The van der Waals surface area contributed by atoms with Crippen molar-refractivity contribution in [2.45, 2.75) is 6.42 Å². The number of carbonyl (C=O) groups is 1. The van der Waals surface area contributed by atoms with Crippen molar-refractivity contribution in [1.82, 2.24) is 0 Å². The SMILES string of the molecule is O=Cc1ccc(OCCCI)cc1. The minimum atomic E-state index is 0.682. The first kappa shape index (κ1) is 10.5. The lowest BCUT2D eigenvalue weighted by Crippen LogP contribution is -1.97. The van der Waals surface area contributed by atoms with Gasteiger partial charge in [-0.3, -0.25) is 4.79 Å². The van der Waals surface area contributed by atoms with Crippen LogP contribution in [0.4, 0.5) is 0 Å². The summed E-state index contributed by atoms with van der Waals surface area (Å²) in [7, 11) is 0. The predicted molar refractivity (Wildman–Crippen MR) is 60.8 cm³/mol. The molecule has 1 rings (SSSR count). The van der Waals surface area contributed by atoms with Gasteiger partial charge in [0.25, 0.3) is 0 Å². The molecule has 0 unspecified atom stereocenters. The Kier molecular flexibility index (Phi) is 4.82. The number of alkyl halides is 1. The van der Waals surface area contributed by atoms with Crippen LogP contribution in [0.2, 0.25) is 0 Å². The van der Waals surface area contributed by atoms with Gasteiger partial charge in [0.2, 0.25) is 0 Å². The first-order valence-corrected chi connectivity index (χ1v) is 5.63. The summed E-state index contributed by atoms with van der Waals surface area (Å²) in [4.78, 5) is 10.3. The number of hydrogen-bond donors (Lipinski definition) is 0. The Morgan fingerprint density at radius 3 is 2.54 bits per heavy atom. The van der Waals surface area contributed by atoms with Gasteiger partial charge in [-0.2, -0.15) is 0 Å². The molecule has 0 saturated carbocycles. The lowest BCUT2D eigenvalue weighted by atomic mass is 10.2. The van der Waals surface area contributed by atoms with Gasteiger partial charge in [-0.1, -0.05) is 22.6 Å². The summed E-state index contributed by atoms with van der Waals surface area (Å²) < 4.78 is 6.53. The van der Waals surface area contributed by atoms with Crippen LogP contribution in [0.15, 0.2) is 24.3 Å². The van der Waals surface area contributed by atoms with E-state index >= 15 is 0 Å². The topological polar surface area (TPSA) is 26.3 Å². The van der Waals surface area contributed by atoms with Gasteiger partial charge in [-0.25, -0.2) is 0 Å². The second kappa shape index (κ2) is 5.96. The molecule has 1 aromatic rings. The molecule has 1 aromatic carbocycles. The number of aldehydes is 1. The van der Waals surface area contributed by atoms with Crippen molar-refractivity contribution in [1.29, 1.82) is 0 Å². The molecule has 2 nitrogen and oxygen atoms in total. The molecule has 13 heavy (non-hydrogen) atoms. The first-order valence-electron chi connectivity index (χ1n) is 4.11. The first-order chi connectivity index (χ1) is 6.36. The summed E-state index contributed by atoms with van der Waals surface area (Å²) >= 11 is 2.32. The average molecular weight is 290 g/mol. The average Bonchev–Trinajstić information content (AvgIpc) is 2.19. The maximum Gasteiger partial charge on any atom is 0.150 e. The van der Waals surface area contributed by atoms with Crippen molar-refractivity contribution in [3.8, 4) is 5.75 Å². The van der Waals surface area contributed by atoms with E-state index in [0.29, 0.717) is 5.56 Å². The highest BCUT2D eigenvalue weighted by atomic mass is 127. The van der Waals surface area contributed by atoms with Gasteiger partial charge in [0, 0.05) is 9.99 Å². The van der Waals surface area contributed by atoms with E-state index in [2.05, 4.69) is 22.6 Å². The number of benzene rings is 1. The van der Waals surface area contributed by atoms with E-state index in [1.165, 1.54) is 0 Å². The zero-order chi connectivity index (χ0) is 9.52. The summed E-state index contributed by atoms with van der Waals surface area (Å²) in [5, 5.41) is 0. The van der Waals surface area contributed by atoms with Crippen LogP contribution >= 0.6 is 22.6 Å². The molecule has 0 aliphatic heterocycles. The Bertz CT molecular complexity index is 256. The second-order valence-electron chi connectivity index (χ2n) is 2.58. The molecule has 70 valence electrons. The van der Waals surface area contributed by atoms with Crippen molar-refractivity contribution in [3.63, 3.8) is 0 Å². The van der Waals surface area contributed by atoms with Crippen molar-refractivity contribution < 1.29 is 9.53 Å². The minimum absolute atomic E-state index is 0.682. The van der Waals surface area contributed by atoms with Crippen molar-refractivity contribution >= 4 is 28.9 Å². The maximum atomic E-state index is 10.3. The molecule has 3 heteroatoms. The molecule has 0 aromatic heterocycles. The Morgan fingerprint density at radius 1 is 1.31 bits per heavy atom. The quantitative estimate of drug-likeness (QED) is 0.361. The highest BCUT2D eigenvalue weighted by Crippen LogP contribution is 2.11. The predicted octanol–water partition coefficient (Wildman–Crippen LogP) is 2.70. The summed E-state index contributed by atoms with van der Waals surface area (Å²) in [6.45, 7) is 0.739. The zero-order valence-corrected chi connectivity index (χ0v) is 9.36. The third kappa shape index (κ3) is 3.76. The lowest BCUT2D eigenvalue weighted by molar-refractivity contribution is 0.112. The van der Waals surface area contributed by atoms with Crippen LogP contribution in [0.3, 0.4) is 0 Å². The van der Waals surface area contributed by atoms with E-state index in [-0.39, 0.29) is 0 Å². The normalized spacial score (nSPS) is 9.62. The third-order valence-corrected chi connectivity index (χ3v) is 2.33. The van der Waals surface area contributed by atoms with Crippen LogP contribution in [0.1, 0.15) is 16.8 Å². The van der Waals surface area contributed by atoms with Crippen LogP contribution in [0.25, 0.3) is 0 Å². The molecule has 0 aliphatic carbocycles. The molecule has 0 fully saturated rings. The highest BCUT2D eigenvalue weighted by molar-refractivity contribution is 14.1. The van der Waals surface area contributed by atoms with Gasteiger partial charge in [-0.05, 0) is 30.7 Å². The molecule has 0 atom stereocenters. The third-order valence-electron chi connectivity index (χ3n) is 1.56. The summed E-state index contributed by atoms with van der Waals surface area (Å²) in [6.07, 6.45) is 1.88. The zero-order valence-electron chi connectivity index (χ0n) is 7.20. The number of hydrogen-bond acceptors (Lipinski definition) is 2. The van der Waals surface area contributed by atoms with Gasteiger partial charge in [0.05, 0.1) is 6.61 Å². The Labute approximate surface area is 91.4 Å². The fourth-order valence-electron chi connectivity index (χ4n) is 0.887. The van der Waals surface area contributed by atoms with E-state index in [0.717, 1.165) is 29.5 Å². The Hall–Kier alpha value is -0.580. The molecule has 0 N–H and O–H groups in total. The standard InChI is InChI=1S/C10H11IO2/c11-6-1-7-13-10-4-2-9(8-12)3-5-10/h2-5,8H,1,6-7H2. The summed E-state index contributed by atoms with van der Waals surface area (Å²) in [6, 6.07) is 7.15. The summed E-state index contributed by atoms with van der Waals surface area (Å²) in [5.41, 5.74) is 0.682. The fourth-order valence-corrected chi connectivity index (χ4v) is 1.20. The van der Waals surface area contributed by atoms with Crippen molar-refractivity contribution in [3.05, 3.63) is 29.8 Å². The molecule has 0 saturated heterocycles. The lowest BCUT2D eigenvalue weighted by Gasteiger charge is -2.03. The highest BCUT2D eigenvalue weighted by Gasteiger charge is 1.93. The van der Waals surface area contributed by atoms with Crippen molar-refractivity contribution in [2.24, 2.45) is 0 Å². The van der Waals surface area contributed by atoms with Gasteiger partial charge >= 0.3 is 0 Å². The van der Waals surface area contributed by atoms with Crippen molar-refractivity contribution in [2.75, 3.05) is 11.0 Å². The molecular weight excluding hydrogens is 279 g/mol. The van der Waals surface area contributed by atoms with E-state index in [9.17, 15) is 4.79 Å². The van der Waals surface area contributed by atoms with E-state index < -0.39 is 0 Å². The molecule has 0 spiro atoms. The van der Waals surface area contributed by atoms with Crippen LogP contribution in [-0.4, -0.2) is 17.3 Å². The number of halogens is 1. The molecule has 0 aliphatic rings. The van der Waals surface area contributed by atoms with Crippen LogP contribution in [0, 0.1) is 0 Å². The molecular formula is C10H11IO2. The molecule has 0 radical (unpaired) electrons. The van der Waals surface area contributed by atoms with E-state index in [1.54, 1.807) is 12.1 Å². The smallest absolute Gasteiger partial charge is 0.150 e. The second-order valence-corrected chi connectivity index (χ2v) is 3.66. The Balaban J connectivity index is 2.44. The summed E-state index contributed by atoms with van der Waals surface area (Å²) in [5.74, 6) is 0.829. The molecule has 0 heterocycles. The van der Waals surface area contributed by atoms with Gasteiger partial charge in [-0.15, -0.1) is 0 Å². The van der Waals surface area contributed by atoms with Crippen LogP contribution < -0.4 is 4.74 Å². The number of ether oxygens (including phenoxy) is 1. The van der Waals surface area contributed by atoms with Gasteiger partial charge in [0.1, 0.15) is 12.0 Å². The van der Waals surface area contributed by atoms with E-state index in [1.807, 2.05) is 12.1 Å². The minimum Gasteiger partial charge on any atom is -0.494 e. The Morgan fingerprint density at radius 2 is 2.00 bits per heavy atom. The number of carbonyl (C=O) groups excluding carboxylic acids is 1. The van der Waals surface area contributed by atoms with Crippen LogP contribution in [0.5, 0.6) is 5.75 Å². The molecule has 0 bridgehead atoms. The largest absolute Gasteiger partial charge is 0.494 e. The van der Waals surface area contributed by atoms with Gasteiger partial charge < -0.3 is 4.74 Å².